The molecule has 0 spiro atoms. The van der Waals surface area contributed by atoms with Gasteiger partial charge in [-0.2, -0.15) is 13.2 Å². The molecule has 2 nitrogen and oxygen atoms in total. The minimum Gasteiger partial charge on any atom is -0.348 e. The lowest BCUT2D eigenvalue weighted by Crippen LogP contribution is -2.37. The van der Waals surface area contributed by atoms with Crippen LogP contribution in [0.1, 0.15) is 21.5 Å². The number of hydrogen-bond acceptors (Lipinski definition) is 1. The van der Waals surface area contributed by atoms with E-state index in [1.807, 2.05) is 24.3 Å². The standard InChI is InChI=1S/C18H20F3NOSi/c1-24(2,3)14-10-8-13(9-11-14)12-22-17(23)15-6-4-5-7-16(15)18(19,20)21/h4-11H,12H2,1-3H3,(H,22,23). The molecule has 2 aromatic carbocycles. The van der Waals surface area contributed by atoms with E-state index >= 15 is 0 Å². The minimum absolute atomic E-state index is 0.191. The first-order valence-corrected chi connectivity index (χ1v) is 11.1. The van der Waals surface area contributed by atoms with E-state index in [2.05, 4.69) is 25.0 Å². The molecular formula is C18H20F3NOSi. The number of alkyl halides is 3. The smallest absolute Gasteiger partial charge is 0.348 e. The third kappa shape index (κ3) is 4.47. The van der Waals surface area contributed by atoms with E-state index < -0.39 is 25.7 Å². The summed E-state index contributed by atoms with van der Waals surface area (Å²) in [5, 5.41) is 3.85. The minimum atomic E-state index is -4.55. The first-order valence-electron chi connectivity index (χ1n) is 7.63. The van der Waals surface area contributed by atoms with Crippen LogP contribution in [0.3, 0.4) is 0 Å². The fraction of sp³-hybridized carbons (Fsp3) is 0.278. The van der Waals surface area contributed by atoms with Gasteiger partial charge in [0.2, 0.25) is 0 Å². The first-order chi connectivity index (χ1) is 11.1. The van der Waals surface area contributed by atoms with Crippen LogP contribution in [0.2, 0.25) is 19.6 Å². The number of carbonyl (C=O) groups is 1. The molecule has 0 aliphatic carbocycles. The Morgan fingerprint density at radius 3 is 2.12 bits per heavy atom. The van der Waals surface area contributed by atoms with Crippen LogP contribution in [0, 0.1) is 0 Å². The molecule has 6 heteroatoms. The average Bonchev–Trinajstić information content (AvgIpc) is 2.51. The number of amides is 1. The van der Waals surface area contributed by atoms with Crippen LogP contribution in [0.15, 0.2) is 48.5 Å². The van der Waals surface area contributed by atoms with Gasteiger partial charge in [0.15, 0.2) is 0 Å². The van der Waals surface area contributed by atoms with E-state index in [0.29, 0.717) is 0 Å². The van der Waals surface area contributed by atoms with Crippen molar-refractivity contribution in [2.75, 3.05) is 0 Å². The number of benzene rings is 2. The zero-order valence-corrected chi connectivity index (χ0v) is 14.9. The zero-order chi connectivity index (χ0) is 18.0. The van der Waals surface area contributed by atoms with Gasteiger partial charge < -0.3 is 5.32 Å². The topological polar surface area (TPSA) is 29.1 Å². The number of hydrogen-bond donors (Lipinski definition) is 1. The van der Waals surface area contributed by atoms with E-state index in [4.69, 9.17) is 0 Å². The Morgan fingerprint density at radius 1 is 1.00 bits per heavy atom. The maximum atomic E-state index is 13.0. The first kappa shape index (κ1) is 18.3. The SMILES string of the molecule is C[Si](C)(C)c1ccc(CNC(=O)c2ccccc2C(F)(F)F)cc1. The predicted molar refractivity (Wildman–Crippen MR) is 92.0 cm³/mol. The molecular weight excluding hydrogens is 331 g/mol. The summed E-state index contributed by atoms with van der Waals surface area (Å²) in [6, 6.07) is 12.7. The van der Waals surface area contributed by atoms with Crippen molar-refractivity contribution in [1.29, 1.82) is 0 Å². The van der Waals surface area contributed by atoms with Crippen LogP contribution >= 0.6 is 0 Å². The van der Waals surface area contributed by atoms with Gasteiger partial charge in [0, 0.05) is 6.54 Å². The van der Waals surface area contributed by atoms with E-state index in [9.17, 15) is 18.0 Å². The lowest BCUT2D eigenvalue weighted by Gasteiger charge is -2.17. The van der Waals surface area contributed by atoms with Gasteiger partial charge in [-0.3, -0.25) is 4.79 Å². The Morgan fingerprint density at radius 2 is 1.58 bits per heavy atom. The summed E-state index contributed by atoms with van der Waals surface area (Å²) < 4.78 is 38.9. The lowest BCUT2D eigenvalue weighted by molar-refractivity contribution is -0.137. The summed E-state index contributed by atoms with van der Waals surface area (Å²) in [4.78, 5) is 12.1. The number of carbonyl (C=O) groups excluding carboxylic acids is 1. The highest BCUT2D eigenvalue weighted by atomic mass is 28.3. The Balaban J connectivity index is 2.09. The molecule has 128 valence electrons. The number of halogens is 3. The van der Waals surface area contributed by atoms with Crippen LogP contribution in [0.5, 0.6) is 0 Å². The summed E-state index contributed by atoms with van der Waals surface area (Å²) in [6.07, 6.45) is -4.55. The molecule has 2 aromatic rings. The third-order valence-corrected chi connectivity index (χ3v) is 5.82. The van der Waals surface area contributed by atoms with E-state index in [1.54, 1.807) is 0 Å². The maximum Gasteiger partial charge on any atom is 0.417 e. The molecule has 0 aromatic heterocycles. The Kier molecular flexibility index (Phi) is 5.18. The summed E-state index contributed by atoms with van der Waals surface area (Å²) >= 11 is 0. The van der Waals surface area contributed by atoms with Gasteiger partial charge in [-0.25, -0.2) is 0 Å². The van der Waals surface area contributed by atoms with Crippen molar-refractivity contribution in [2.24, 2.45) is 0 Å². The van der Waals surface area contributed by atoms with Crippen LogP contribution < -0.4 is 10.5 Å². The van der Waals surface area contributed by atoms with Gasteiger partial charge in [0.05, 0.1) is 19.2 Å². The van der Waals surface area contributed by atoms with Crippen molar-refractivity contribution in [3.05, 3.63) is 65.2 Å². The summed E-state index contributed by atoms with van der Waals surface area (Å²) in [7, 11) is -1.39. The Bertz CT molecular complexity index is 718. The van der Waals surface area contributed by atoms with Gasteiger partial charge >= 0.3 is 6.18 Å². The predicted octanol–water partition coefficient (Wildman–Crippen LogP) is 4.18. The molecule has 0 aliphatic rings. The monoisotopic (exact) mass is 351 g/mol. The van der Waals surface area contributed by atoms with Crippen molar-refractivity contribution in [1.82, 2.24) is 5.32 Å². The quantitative estimate of drug-likeness (QED) is 0.823. The molecule has 1 amide bonds. The lowest BCUT2D eigenvalue weighted by atomic mass is 10.1. The molecule has 0 fully saturated rings. The largest absolute Gasteiger partial charge is 0.417 e. The Labute approximate surface area is 140 Å². The highest BCUT2D eigenvalue weighted by Gasteiger charge is 2.34. The fourth-order valence-corrected chi connectivity index (χ4v) is 3.50. The Hall–Kier alpha value is -2.08. The van der Waals surface area contributed by atoms with Crippen molar-refractivity contribution in [2.45, 2.75) is 32.4 Å². The normalized spacial score (nSPS) is 12.1. The van der Waals surface area contributed by atoms with Crippen LogP contribution in [-0.4, -0.2) is 14.0 Å². The van der Waals surface area contributed by atoms with Gasteiger partial charge in [0.25, 0.3) is 5.91 Å². The highest BCUT2D eigenvalue weighted by Crippen LogP contribution is 2.31. The summed E-state index contributed by atoms with van der Waals surface area (Å²) in [5.41, 5.74) is -0.421. The van der Waals surface area contributed by atoms with Crippen LogP contribution in [-0.2, 0) is 12.7 Å². The summed E-state index contributed by atoms with van der Waals surface area (Å²) in [6.45, 7) is 6.89. The van der Waals surface area contributed by atoms with Gasteiger partial charge in [-0.15, -0.1) is 0 Å². The van der Waals surface area contributed by atoms with Gasteiger partial charge in [-0.1, -0.05) is 61.2 Å². The van der Waals surface area contributed by atoms with E-state index in [-0.39, 0.29) is 12.1 Å². The fourth-order valence-electron chi connectivity index (χ4n) is 2.33. The maximum absolute atomic E-state index is 13.0. The molecule has 0 unspecified atom stereocenters. The number of rotatable bonds is 4. The number of nitrogens with one attached hydrogen (secondary N) is 1. The molecule has 2 rings (SSSR count). The van der Waals surface area contributed by atoms with E-state index in [1.165, 1.54) is 23.4 Å². The van der Waals surface area contributed by atoms with Crippen LogP contribution in [0.4, 0.5) is 13.2 Å². The molecule has 0 heterocycles. The molecule has 0 bridgehead atoms. The molecule has 1 N–H and O–H groups in total. The van der Waals surface area contributed by atoms with Crippen molar-refractivity contribution in [3.63, 3.8) is 0 Å². The molecule has 0 radical (unpaired) electrons. The molecule has 0 atom stereocenters. The second-order valence-electron chi connectivity index (χ2n) is 6.67. The third-order valence-electron chi connectivity index (χ3n) is 3.75. The highest BCUT2D eigenvalue weighted by molar-refractivity contribution is 6.88. The zero-order valence-electron chi connectivity index (χ0n) is 13.9. The molecule has 0 aliphatic heterocycles. The second-order valence-corrected chi connectivity index (χ2v) is 11.8. The second kappa shape index (κ2) is 6.81. The van der Waals surface area contributed by atoms with E-state index in [0.717, 1.165) is 11.6 Å². The van der Waals surface area contributed by atoms with Gasteiger partial charge in [0.1, 0.15) is 0 Å². The van der Waals surface area contributed by atoms with Crippen LogP contribution in [0.25, 0.3) is 0 Å². The molecule has 0 saturated heterocycles. The van der Waals surface area contributed by atoms with Crippen molar-refractivity contribution >= 4 is 19.2 Å². The molecule has 24 heavy (non-hydrogen) atoms. The van der Waals surface area contributed by atoms with Gasteiger partial charge in [-0.05, 0) is 17.7 Å². The van der Waals surface area contributed by atoms with Crippen molar-refractivity contribution in [3.8, 4) is 0 Å². The summed E-state index contributed by atoms with van der Waals surface area (Å²) in [5.74, 6) is -0.725. The molecule has 0 saturated carbocycles. The van der Waals surface area contributed by atoms with Crippen molar-refractivity contribution < 1.29 is 18.0 Å². The average molecular weight is 351 g/mol.